The Morgan fingerprint density at radius 3 is 2.33 bits per heavy atom. The van der Waals surface area contributed by atoms with E-state index in [-0.39, 0.29) is 36.0 Å². The van der Waals surface area contributed by atoms with Crippen molar-refractivity contribution in [2.24, 2.45) is 0 Å². The molecule has 0 fully saturated rings. The number of benzene rings is 1. The van der Waals surface area contributed by atoms with Crippen LogP contribution in [0.2, 0.25) is 0 Å². The Balaban J connectivity index is 2.56. The minimum absolute atomic E-state index is 0.0145. The number of likely N-dealkylation sites (N-methyl/N-ethyl adjacent to an activating group) is 1. The monoisotopic (exact) mass is 344 g/mol. The molecule has 134 valence electrons. The second kappa shape index (κ2) is 8.58. The number of amides is 2. The van der Waals surface area contributed by atoms with Gasteiger partial charge in [-0.1, -0.05) is 12.1 Å². The number of anilines is 1. The number of carbonyl (C=O) groups excluding carboxylic acids is 2. The predicted molar refractivity (Wildman–Crippen MR) is 86.2 cm³/mol. The van der Waals surface area contributed by atoms with E-state index in [1.165, 1.54) is 18.2 Å². The van der Waals surface area contributed by atoms with Gasteiger partial charge in [0.2, 0.25) is 0 Å². The summed E-state index contributed by atoms with van der Waals surface area (Å²) < 4.78 is 29.0. The first kappa shape index (κ1) is 19.8. The van der Waals surface area contributed by atoms with Crippen LogP contribution in [-0.2, 0) is 9.59 Å². The molecule has 1 rings (SSSR count). The topological polar surface area (TPSA) is 71.9 Å². The van der Waals surface area contributed by atoms with Crippen LogP contribution in [0.3, 0.4) is 0 Å². The zero-order chi connectivity index (χ0) is 18.3. The minimum atomic E-state index is -2.97. The van der Waals surface area contributed by atoms with Crippen molar-refractivity contribution in [2.45, 2.75) is 32.9 Å². The van der Waals surface area contributed by atoms with Crippen molar-refractivity contribution in [3.05, 3.63) is 24.3 Å². The van der Waals surface area contributed by atoms with Gasteiger partial charge in [-0.2, -0.15) is 8.78 Å². The summed E-state index contributed by atoms with van der Waals surface area (Å²) in [5, 5.41) is 5.33. The lowest BCUT2D eigenvalue weighted by Crippen LogP contribution is -3.11. The minimum Gasteiger partial charge on any atom is -0.433 e. The molecule has 0 aliphatic carbocycles. The van der Waals surface area contributed by atoms with E-state index in [4.69, 9.17) is 0 Å². The molecule has 24 heavy (non-hydrogen) atoms. The van der Waals surface area contributed by atoms with Gasteiger partial charge in [0, 0.05) is 5.54 Å². The molecule has 8 heteroatoms. The Kier molecular flexibility index (Phi) is 7.09. The summed E-state index contributed by atoms with van der Waals surface area (Å²) in [5.41, 5.74) is -0.180. The highest BCUT2D eigenvalue weighted by atomic mass is 19.3. The highest BCUT2D eigenvalue weighted by Gasteiger charge is 2.19. The third-order valence-electron chi connectivity index (χ3n) is 2.82. The van der Waals surface area contributed by atoms with Crippen molar-refractivity contribution >= 4 is 17.5 Å². The van der Waals surface area contributed by atoms with E-state index < -0.39 is 12.5 Å². The molecule has 2 amide bonds. The molecule has 0 bridgehead atoms. The molecule has 6 nitrogen and oxygen atoms in total. The van der Waals surface area contributed by atoms with Gasteiger partial charge in [-0.15, -0.1) is 0 Å². The molecule has 0 aliphatic rings. The number of rotatable bonds is 7. The van der Waals surface area contributed by atoms with Crippen molar-refractivity contribution in [3.63, 3.8) is 0 Å². The van der Waals surface area contributed by atoms with Gasteiger partial charge in [0.05, 0.1) is 12.7 Å². The first-order valence-electron chi connectivity index (χ1n) is 7.53. The number of para-hydroxylation sites is 2. The van der Waals surface area contributed by atoms with Crippen LogP contribution >= 0.6 is 0 Å². The highest BCUT2D eigenvalue weighted by Crippen LogP contribution is 2.25. The second-order valence-electron chi connectivity index (χ2n) is 6.53. The van der Waals surface area contributed by atoms with E-state index in [0.29, 0.717) is 4.90 Å². The quantitative estimate of drug-likeness (QED) is 0.680. The molecule has 1 atom stereocenters. The fourth-order valence-electron chi connectivity index (χ4n) is 2.04. The van der Waals surface area contributed by atoms with Crippen LogP contribution < -0.4 is 20.3 Å². The normalized spacial score (nSPS) is 12.6. The smallest absolute Gasteiger partial charge is 0.387 e. The summed E-state index contributed by atoms with van der Waals surface area (Å²) in [7, 11) is 1.70. The van der Waals surface area contributed by atoms with Crippen molar-refractivity contribution < 1.29 is 28.0 Å². The fraction of sp³-hybridized carbons (Fsp3) is 0.500. The van der Waals surface area contributed by atoms with Gasteiger partial charge in [-0.3, -0.25) is 9.59 Å². The van der Waals surface area contributed by atoms with E-state index in [2.05, 4.69) is 15.4 Å². The summed E-state index contributed by atoms with van der Waals surface area (Å²) in [6.07, 6.45) is 0. The molecular formula is C16H24F2N3O3+. The Labute approximate surface area is 140 Å². The van der Waals surface area contributed by atoms with E-state index in [1.54, 1.807) is 13.1 Å². The molecule has 0 saturated heterocycles. The molecule has 3 N–H and O–H groups in total. The fourth-order valence-corrected chi connectivity index (χ4v) is 2.04. The Morgan fingerprint density at radius 1 is 1.17 bits per heavy atom. The molecule has 0 spiro atoms. The summed E-state index contributed by atoms with van der Waals surface area (Å²) in [5.74, 6) is -0.681. The largest absolute Gasteiger partial charge is 0.433 e. The highest BCUT2D eigenvalue weighted by molar-refractivity contribution is 5.93. The van der Waals surface area contributed by atoms with Gasteiger partial charge in [-0.05, 0) is 32.9 Å². The van der Waals surface area contributed by atoms with Crippen molar-refractivity contribution in [1.82, 2.24) is 5.32 Å². The number of ether oxygens (including phenoxy) is 1. The van der Waals surface area contributed by atoms with Crippen molar-refractivity contribution in [3.8, 4) is 5.75 Å². The lowest BCUT2D eigenvalue weighted by Gasteiger charge is -2.21. The van der Waals surface area contributed by atoms with E-state index in [9.17, 15) is 18.4 Å². The van der Waals surface area contributed by atoms with Gasteiger partial charge >= 0.3 is 6.61 Å². The number of nitrogens with one attached hydrogen (secondary N) is 3. The molecule has 0 aliphatic heterocycles. The van der Waals surface area contributed by atoms with Crippen molar-refractivity contribution in [1.29, 1.82) is 0 Å². The first-order valence-corrected chi connectivity index (χ1v) is 7.53. The van der Waals surface area contributed by atoms with Gasteiger partial charge in [-0.25, -0.2) is 0 Å². The first-order chi connectivity index (χ1) is 11.1. The van der Waals surface area contributed by atoms with Crippen molar-refractivity contribution in [2.75, 3.05) is 25.5 Å². The molecule has 1 unspecified atom stereocenters. The number of hydrogen-bond donors (Lipinski definition) is 3. The SMILES string of the molecule is C[NH+](CC(=O)Nc1ccccc1OC(F)F)CC(=O)NC(C)(C)C. The number of halogens is 2. The maximum atomic E-state index is 12.3. The molecule has 0 radical (unpaired) electrons. The summed E-state index contributed by atoms with van der Waals surface area (Å²) in [4.78, 5) is 24.5. The predicted octanol–water partition coefficient (Wildman–Crippen LogP) is 0.656. The third-order valence-corrected chi connectivity index (χ3v) is 2.82. The van der Waals surface area contributed by atoms with Gasteiger partial charge in [0.1, 0.15) is 5.75 Å². The number of hydrogen-bond acceptors (Lipinski definition) is 3. The summed E-state index contributed by atoms with van der Waals surface area (Å²) in [6.45, 7) is 2.77. The van der Waals surface area contributed by atoms with Crippen LogP contribution in [0.15, 0.2) is 24.3 Å². The zero-order valence-corrected chi connectivity index (χ0v) is 14.3. The number of quaternary nitrogens is 1. The molecular weight excluding hydrogens is 320 g/mol. The van der Waals surface area contributed by atoms with E-state index >= 15 is 0 Å². The number of carbonyl (C=O) groups is 2. The standard InChI is InChI=1S/C16H23F2N3O3/c1-16(2,3)20-14(23)10-21(4)9-13(22)19-11-7-5-6-8-12(11)24-15(17)18/h5-8,15H,9-10H2,1-4H3,(H,19,22)(H,20,23)/p+1. The lowest BCUT2D eigenvalue weighted by molar-refractivity contribution is -0.862. The Bertz CT molecular complexity index is 574. The molecule has 0 aromatic heterocycles. The Hall–Kier alpha value is -2.22. The van der Waals surface area contributed by atoms with Crippen LogP contribution in [-0.4, -0.2) is 44.1 Å². The van der Waals surface area contributed by atoms with E-state index in [0.717, 1.165) is 0 Å². The average Bonchev–Trinajstić information content (AvgIpc) is 2.37. The van der Waals surface area contributed by atoms with Gasteiger partial charge in [0.15, 0.2) is 13.1 Å². The summed E-state index contributed by atoms with van der Waals surface area (Å²) >= 11 is 0. The molecule has 1 aromatic carbocycles. The van der Waals surface area contributed by atoms with Crippen LogP contribution in [0.1, 0.15) is 20.8 Å². The third kappa shape index (κ3) is 7.87. The number of alkyl halides is 2. The van der Waals surface area contributed by atoms with Crippen LogP contribution in [0, 0.1) is 0 Å². The molecule has 1 aromatic rings. The molecule has 0 heterocycles. The maximum Gasteiger partial charge on any atom is 0.387 e. The lowest BCUT2D eigenvalue weighted by atomic mass is 10.1. The van der Waals surface area contributed by atoms with Gasteiger partial charge < -0.3 is 20.3 Å². The van der Waals surface area contributed by atoms with Crippen LogP contribution in [0.4, 0.5) is 14.5 Å². The second-order valence-corrected chi connectivity index (χ2v) is 6.53. The zero-order valence-electron chi connectivity index (χ0n) is 14.3. The Morgan fingerprint density at radius 2 is 1.75 bits per heavy atom. The maximum absolute atomic E-state index is 12.3. The molecule has 0 saturated carbocycles. The average molecular weight is 344 g/mol. The van der Waals surface area contributed by atoms with Gasteiger partial charge in [0.25, 0.3) is 11.8 Å². The summed E-state index contributed by atoms with van der Waals surface area (Å²) in [6, 6.07) is 5.94. The van der Waals surface area contributed by atoms with Crippen LogP contribution in [0.5, 0.6) is 5.75 Å². The van der Waals surface area contributed by atoms with E-state index in [1.807, 2.05) is 20.8 Å². The van der Waals surface area contributed by atoms with Crippen LogP contribution in [0.25, 0.3) is 0 Å².